The Balaban J connectivity index is 1.32. The van der Waals surface area contributed by atoms with E-state index in [9.17, 15) is 0 Å². The normalized spacial score (nSPS) is 15.7. The summed E-state index contributed by atoms with van der Waals surface area (Å²) in [4.78, 5) is 7.12. The minimum absolute atomic E-state index is 0.173. The summed E-state index contributed by atoms with van der Waals surface area (Å²) in [7, 11) is 0. The van der Waals surface area contributed by atoms with Crippen LogP contribution in [0.4, 0.5) is 17.1 Å². The number of ether oxygens (including phenoxy) is 2. The quantitative estimate of drug-likeness (QED) is 0.190. The Bertz CT molecular complexity index is 2130. The van der Waals surface area contributed by atoms with Gasteiger partial charge in [-0.3, -0.25) is 0 Å². The lowest BCUT2D eigenvalue weighted by atomic mass is 9.75. The van der Waals surface area contributed by atoms with E-state index in [4.69, 9.17) is 9.47 Å². The van der Waals surface area contributed by atoms with Gasteiger partial charge in [0, 0.05) is 31.7 Å². The number of nitrogens with zero attached hydrogens (tertiary/aromatic N) is 1. The van der Waals surface area contributed by atoms with E-state index in [1.807, 2.05) is 17.8 Å². The molecular weight excluding hydrogens is 615 g/mol. The van der Waals surface area contributed by atoms with Gasteiger partial charge in [-0.05, 0) is 59.7 Å². The molecule has 230 valence electrons. The molecule has 0 atom stereocenters. The lowest BCUT2D eigenvalue weighted by molar-refractivity contribution is 0.419. The fraction of sp³-hybridized carbons (Fsp3) is 0.143. The molecule has 0 saturated heterocycles. The van der Waals surface area contributed by atoms with Gasteiger partial charge in [0.15, 0.2) is 11.5 Å². The van der Waals surface area contributed by atoms with Gasteiger partial charge in [0.1, 0.15) is 11.5 Å². The van der Waals surface area contributed by atoms with Crippen LogP contribution >= 0.6 is 23.5 Å². The first-order chi connectivity index (χ1) is 22.8. The number of anilines is 3. The highest BCUT2D eigenvalue weighted by Crippen LogP contribution is 2.60. The number of fused-ring (bicyclic) bond motifs is 6. The fourth-order valence-corrected chi connectivity index (χ4v) is 9.83. The lowest BCUT2D eigenvalue weighted by Crippen LogP contribution is -2.27. The molecule has 0 N–H and O–H groups in total. The van der Waals surface area contributed by atoms with Crippen LogP contribution in [0.3, 0.4) is 0 Å². The Morgan fingerprint density at radius 3 is 1.77 bits per heavy atom. The first-order valence-electron chi connectivity index (χ1n) is 16.0. The van der Waals surface area contributed by atoms with Gasteiger partial charge in [-0.1, -0.05) is 130 Å². The molecule has 0 aromatic heterocycles. The van der Waals surface area contributed by atoms with Crippen LogP contribution in [0.5, 0.6) is 23.0 Å². The Hall–Kier alpha value is -4.58. The third-order valence-corrected chi connectivity index (χ3v) is 12.1. The number of para-hydroxylation sites is 4. The molecule has 6 aromatic rings. The minimum Gasteiger partial charge on any atom is -0.455 e. The van der Waals surface area contributed by atoms with Crippen molar-refractivity contribution in [3.63, 3.8) is 0 Å². The van der Waals surface area contributed by atoms with Gasteiger partial charge >= 0.3 is 0 Å². The second-order valence-corrected chi connectivity index (χ2v) is 15.5. The fourth-order valence-electron chi connectivity index (χ4n) is 7.35. The van der Waals surface area contributed by atoms with Crippen molar-refractivity contribution in [3.05, 3.63) is 150 Å². The van der Waals surface area contributed by atoms with Crippen LogP contribution in [0.2, 0.25) is 0 Å². The highest BCUT2D eigenvalue weighted by molar-refractivity contribution is 8.00. The maximum atomic E-state index is 6.92. The monoisotopic (exact) mass is 647 g/mol. The van der Waals surface area contributed by atoms with Crippen LogP contribution in [0.15, 0.2) is 147 Å². The average Bonchev–Trinajstić information content (AvgIpc) is 3.08. The zero-order chi connectivity index (χ0) is 31.9. The van der Waals surface area contributed by atoms with Crippen molar-refractivity contribution in [2.45, 2.75) is 58.1 Å². The zero-order valence-corrected chi connectivity index (χ0v) is 28.3. The van der Waals surface area contributed by atoms with Crippen molar-refractivity contribution < 1.29 is 9.47 Å². The first kappa shape index (κ1) is 28.6. The van der Waals surface area contributed by atoms with Gasteiger partial charge in [0.2, 0.25) is 0 Å². The molecule has 6 aromatic carbocycles. The van der Waals surface area contributed by atoms with E-state index in [-0.39, 0.29) is 10.8 Å². The van der Waals surface area contributed by atoms with Crippen molar-refractivity contribution >= 4 is 40.6 Å². The predicted octanol–water partition coefficient (Wildman–Crippen LogP) is 12.6. The molecule has 5 heteroatoms. The van der Waals surface area contributed by atoms with Crippen molar-refractivity contribution in [2.75, 3.05) is 4.90 Å². The predicted molar refractivity (Wildman–Crippen MR) is 193 cm³/mol. The highest BCUT2D eigenvalue weighted by atomic mass is 32.2. The molecule has 47 heavy (non-hydrogen) atoms. The molecule has 0 radical (unpaired) electrons. The molecule has 3 aliphatic heterocycles. The molecule has 9 rings (SSSR count). The van der Waals surface area contributed by atoms with Crippen molar-refractivity contribution in [2.24, 2.45) is 0 Å². The standard InChI is InChI=1S/C42H33NO2S2/c1-41(2)26-14-5-7-21-33(26)44-38-28(41)16-11-18-30(38)43(31-19-13-25-37-39(31)45-34-22-8-10-24-36(34)46-37)32-20-12-17-29-40(32)47-35-23-9-6-15-27(35)42(29,3)4/h5-25H,1-4H3. The van der Waals surface area contributed by atoms with Crippen molar-refractivity contribution in [3.8, 4) is 23.0 Å². The zero-order valence-electron chi connectivity index (χ0n) is 26.7. The smallest absolute Gasteiger partial charge is 0.165 e. The van der Waals surface area contributed by atoms with E-state index in [0.717, 1.165) is 55.4 Å². The minimum atomic E-state index is -0.251. The van der Waals surface area contributed by atoms with Gasteiger partial charge in [0.05, 0.1) is 26.9 Å². The maximum absolute atomic E-state index is 6.92. The van der Waals surface area contributed by atoms with Gasteiger partial charge < -0.3 is 14.4 Å². The summed E-state index contributed by atoms with van der Waals surface area (Å²) in [6.45, 7) is 9.27. The van der Waals surface area contributed by atoms with Crippen LogP contribution in [-0.4, -0.2) is 0 Å². The highest BCUT2D eigenvalue weighted by Gasteiger charge is 2.39. The number of hydrogen-bond acceptors (Lipinski definition) is 5. The van der Waals surface area contributed by atoms with Crippen LogP contribution in [0.25, 0.3) is 0 Å². The van der Waals surface area contributed by atoms with E-state index in [1.54, 1.807) is 11.8 Å². The summed E-state index contributed by atoms with van der Waals surface area (Å²) >= 11 is 3.61. The van der Waals surface area contributed by atoms with Gasteiger partial charge in [-0.2, -0.15) is 0 Å². The van der Waals surface area contributed by atoms with E-state index in [0.29, 0.717) is 0 Å². The first-order valence-corrected chi connectivity index (χ1v) is 17.7. The van der Waals surface area contributed by atoms with Gasteiger partial charge in [-0.15, -0.1) is 0 Å². The van der Waals surface area contributed by atoms with E-state index in [1.165, 1.54) is 26.5 Å². The molecular formula is C42H33NO2S2. The molecule has 0 saturated carbocycles. The van der Waals surface area contributed by atoms with Crippen LogP contribution in [0, 0.1) is 0 Å². The van der Waals surface area contributed by atoms with Crippen LogP contribution in [-0.2, 0) is 10.8 Å². The summed E-state index contributed by atoms with van der Waals surface area (Å²) in [5, 5.41) is 0. The Kier molecular flexibility index (Phi) is 6.37. The van der Waals surface area contributed by atoms with E-state index >= 15 is 0 Å². The number of rotatable bonds is 3. The van der Waals surface area contributed by atoms with Crippen LogP contribution in [0.1, 0.15) is 49.9 Å². The van der Waals surface area contributed by atoms with E-state index in [2.05, 4.69) is 154 Å². The summed E-state index contributed by atoms with van der Waals surface area (Å²) < 4.78 is 13.7. The van der Waals surface area contributed by atoms with E-state index < -0.39 is 0 Å². The Morgan fingerprint density at radius 1 is 0.426 bits per heavy atom. The molecule has 0 fully saturated rings. The maximum Gasteiger partial charge on any atom is 0.165 e. The van der Waals surface area contributed by atoms with Crippen molar-refractivity contribution in [1.29, 1.82) is 0 Å². The van der Waals surface area contributed by atoms with Crippen LogP contribution < -0.4 is 14.4 Å². The molecule has 0 spiro atoms. The van der Waals surface area contributed by atoms with Gasteiger partial charge in [0.25, 0.3) is 0 Å². The lowest BCUT2D eigenvalue weighted by Gasteiger charge is -2.40. The second-order valence-electron chi connectivity index (χ2n) is 13.3. The Morgan fingerprint density at radius 2 is 0.957 bits per heavy atom. The molecule has 0 amide bonds. The molecule has 0 unspecified atom stereocenters. The molecule has 3 aliphatic rings. The largest absolute Gasteiger partial charge is 0.455 e. The third-order valence-electron chi connectivity index (χ3n) is 9.84. The summed E-state index contributed by atoms with van der Waals surface area (Å²) in [6.07, 6.45) is 0. The summed E-state index contributed by atoms with van der Waals surface area (Å²) in [5.41, 5.74) is 7.65. The third kappa shape index (κ3) is 4.29. The molecule has 0 aliphatic carbocycles. The molecule has 0 bridgehead atoms. The topological polar surface area (TPSA) is 21.7 Å². The van der Waals surface area contributed by atoms with Gasteiger partial charge in [-0.25, -0.2) is 0 Å². The summed E-state index contributed by atoms with van der Waals surface area (Å²) in [6, 6.07) is 45.3. The second kappa shape index (κ2) is 10.5. The van der Waals surface area contributed by atoms with Crippen molar-refractivity contribution in [1.82, 2.24) is 0 Å². The molecule has 3 heterocycles. The average molecular weight is 648 g/mol. The Labute approximate surface area is 284 Å². The summed E-state index contributed by atoms with van der Waals surface area (Å²) in [5.74, 6) is 3.49. The number of hydrogen-bond donors (Lipinski definition) is 0. The molecule has 3 nitrogen and oxygen atoms in total. The number of benzene rings is 6. The SMILES string of the molecule is CC1(C)c2ccccc2Oc2c(N(c3cccc4c3Oc3ccccc3S4)c3cccc4c3Sc3ccccc3C4(C)C)cccc21.